The first-order valence-corrected chi connectivity index (χ1v) is 7.03. The van der Waals surface area contributed by atoms with Crippen LogP contribution in [0.3, 0.4) is 0 Å². The van der Waals surface area contributed by atoms with E-state index < -0.39 is 0 Å². The van der Waals surface area contributed by atoms with Crippen LogP contribution >= 0.6 is 0 Å². The number of likely N-dealkylation sites (tertiary alicyclic amines) is 1. The van der Waals surface area contributed by atoms with Gasteiger partial charge in [-0.05, 0) is 43.9 Å². The van der Waals surface area contributed by atoms with Gasteiger partial charge in [-0.1, -0.05) is 13.8 Å². The number of hydrogen-bond donors (Lipinski definition) is 1. The molecule has 0 aromatic rings. The van der Waals surface area contributed by atoms with E-state index in [1.807, 2.05) is 4.90 Å². The molecule has 3 atom stereocenters. The van der Waals surface area contributed by atoms with Gasteiger partial charge in [0.1, 0.15) is 0 Å². The molecule has 0 aromatic heterocycles. The van der Waals surface area contributed by atoms with Gasteiger partial charge in [-0.15, -0.1) is 0 Å². The standard InChI is InChI=1S/C14H25NO2/c1-10-6-11(2)8-12(7-10)14(17)15-5-3-4-13(16)9-15/h10-13,16H,3-9H2,1-2H3. The Kier molecular flexibility index (Phi) is 4.08. The second-order valence-electron chi connectivity index (χ2n) is 6.19. The van der Waals surface area contributed by atoms with Gasteiger partial charge in [0.05, 0.1) is 6.10 Å². The molecule has 0 aromatic carbocycles. The summed E-state index contributed by atoms with van der Waals surface area (Å²) in [4.78, 5) is 14.3. The number of carbonyl (C=O) groups excluding carboxylic acids is 1. The highest BCUT2D eigenvalue weighted by Crippen LogP contribution is 2.34. The second kappa shape index (κ2) is 5.38. The lowest BCUT2D eigenvalue weighted by atomic mass is 9.76. The summed E-state index contributed by atoms with van der Waals surface area (Å²) in [6.45, 7) is 5.90. The van der Waals surface area contributed by atoms with Crippen molar-refractivity contribution in [3.63, 3.8) is 0 Å². The van der Waals surface area contributed by atoms with Crippen molar-refractivity contribution in [2.45, 2.75) is 52.1 Å². The molecule has 2 fully saturated rings. The van der Waals surface area contributed by atoms with E-state index in [9.17, 15) is 9.90 Å². The largest absolute Gasteiger partial charge is 0.391 e. The average Bonchev–Trinajstić information content (AvgIpc) is 2.26. The Morgan fingerprint density at radius 3 is 2.41 bits per heavy atom. The van der Waals surface area contributed by atoms with Gasteiger partial charge in [0.25, 0.3) is 0 Å². The molecule has 3 heteroatoms. The normalized spacial score (nSPS) is 39.1. The van der Waals surface area contributed by atoms with Gasteiger partial charge in [-0.25, -0.2) is 0 Å². The Balaban J connectivity index is 1.94. The van der Waals surface area contributed by atoms with Crippen molar-refractivity contribution in [2.24, 2.45) is 17.8 Å². The summed E-state index contributed by atoms with van der Waals surface area (Å²) in [5, 5.41) is 9.64. The third kappa shape index (κ3) is 3.21. The minimum Gasteiger partial charge on any atom is -0.391 e. The van der Waals surface area contributed by atoms with Crippen LogP contribution < -0.4 is 0 Å². The van der Waals surface area contributed by atoms with E-state index in [1.54, 1.807) is 0 Å². The van der Waals surface area contributed by atoms with Crippen LogP contribution in [0.5, 0.6) is 0 Å². The third-order valence-corrected chi connectivity index (χ3v) is 4.24. The van der Waals surface area contributed by atoms with E-state index in [4.69, 9.17) is 0 Å². The lowest BCUT2D eigenvalue weighted by molar-refractivity contribution is -0.140. The molecule has 1 saturated heterocycles. The molecule has 1 amide bonds. The topological polar surface area (TPSA) is 40.5 Å². The quantitative estimate of drug-likeness (QED) is 0.760. The van der Waals surface area contributed by atoms with Crippen molar-refractivity contribution in [1.29, 1.82) is 0 Å². The van der Waals surface area contributed by atoms with Gasteiger partial charge in [0.2, 0.25) is 5.91 Å². The molecule has 1 aliphatic carbocycles. The lowest BCUT2D eigenvalue weighted by Crippen LogP contribution is -2.46. The number of aliphatic hydroxyl groups excluding tert-OH is 1. The molecule has 0 spiro atoms. The lowest BCUT2D eigenvalue weighted by Gasteiger charge is -2.37. The summed E-state index contributed by atoms with van der Waals surface area (Å²) in [7, 11) is 0. The van der Waals surface area contributed by atoms with Crippen molar-refractivity contribution in [3.05, 3.63) is 0 Å². The first-order valence-electron chi connectivity index (χ1n) is 7.03. The van der Waals surface area contributed by atoms with Crippen molar-refractivity contribution >= 4 is 5.91 Å². The Labute approximate surface area is 104 Å². The van der Waals surface area contributed by atoms with Crippen molar-refractivity contribution < 1.29 is 9.90 Å². The number of hydrogen-bond acceptors (Lipinski definition) is 2. The molecule has 1 N–H and O–H groups in total. The molecule has 1 saturated carbocycles. The van der Waals surface area contributed by atoms with E-state index in [1.165, 1.54) is 6.42 Å². The van der Waals surface area contributed by atoms with E-state index in [0.717, 1.165) is 32.2 Å². The molecule has 3 nitrogen and oxygen atoms in total. The molecule has 98 valence electrons. The first kappa shape index (κ1) is 12.9. The Bertz CT molecular complexity index is 269. The number of piperidine rings is 1. The molecule has 0 radical (unpaired) electrons. The fraction of sp³-hybridized carbons (Fsp3) is 0.929. The van der Waals surface area contributed by atoms with Crippen LogP contribution in [0.15, 0.2) is 0 Å². The second-order valence-corrected chi connectivity index (χ2v) is 6.19. The number of amides is 1. The molecule has 1 aliphatic heterocycles. The van der Waals surface area contributed by atoms with Crippen LogP contribution in [-0.4, -0.2) is 35.1 Å². The molecule has 0 bridgehead atoms. The van der Waals surface area contributed by atoms with Crippen LogP contribution in [0.4, 0.5) is 0 Å². The smallest absolute Gasteiger partial charge is 0.225 e. The summed E-state index contributed by atoms with van der Waals surface area (Å²) in [6.07, 6.45) is 4.83. The zero-order valence-corrected chi connectivity index (χ0v) is 11.1. The maximum atomic E-state index is 12.4. The zero-order valence-electron chi connectivity index (χ0n) is 11.1. The van der Waals surface area contributed by atoms with Crippen LogP contribution in [0.2, 0.25) is 0 Å². The molecular weight excluding hydrogens is 214 g/mol. The maximum absolute atomic E-state index is 12.4. The minimum atomic E-state index is -0.300. The predicted octanol–water partition coefficient (Wildman–Crippen LogP) is 2.04. The molecule has 3 unspecified atom stereocenters. The van der Waals surface area contributed by atoms with Crippen LogP contribution in [0, 0.1) is 17.8 Å². The van der Waals surface area contributed by atoms with Crippen LogP contribution in [0.25, 0.3) is 0 Å². The summed E-state index contributed by atoms with van der Waals surface area (Å²) in [5.74, 6) is 1.84. The van der Waals surface area contributed by atoms with E-state index in [2.05, 4.69) is 13.8 Å². The predicted molar refractivity (Wildman–Crippen MR) is 67.5 cm³/mol. The van der Waals surface area contributed by atoms with Gasteiger partial charge < -0.3 is 10.0 Å². The van der Waals surface area contributed by atoms with Crippen LogP contribution in [-0.2, 0) is 4.79 Å². The van der Waals surface area contributed by atoms with Crippen molar-refractivity contribution in [1.82, 2.24) is 4.90 Å². The van der Waals surface area contributed by atoms with Gasteiger partial charge in [0.15, 0.2) is 0 Å². The van der Waals surface area contributed by atoms with Gasteiger partial charge in [0, 0.05) is 19.0 Å². The summed E-state index contributed by atoms with van der Waals surface area (Å²) in [6, 6.07) is 0. The first-order chi connectivity index (χ1) is 8.06. The SMILES string of the molecule is CC1CC(C)CC(C(=O)N2CCCC(O)C2)C1. The zero-order chi connectivity index (χ0) is 12.4. The number of rotatable bonds is 1. The van der Waals surface area contributed by atoms with Crippen molar-refractivity contribution in [2.75, 3.05) is 13.1 Å². The van der Waals surface area contributed by atoms with Gasteiger partial charge in [-0.3, -0.25) is 4.79 Å². The Morgan fingerprint density at radius 1 is 1.18 bits per heavy atom. The molecule has 1 heterocycles. The van der Waals surface area contributed by atoms with Crippen molar-refractivity contribution in [3.8, 4) is 0 Å². The van der Waals surface area contributed by atoms with Crippen LogP contribution in [0.1, 0.15) is 46.0 Å². The number of carbonyl (C=O) groups is 1. The number of β-amino-alcohol motifs (C(OH)–C–C–N with tert-alkyl or cyclic N) is 1. The molecule has 2 rings (SSSR count). The molecule has 2 aliphatic rings. The molecular formula is C14H25NO2. The highest BCUT2D eigenvalue weighted by Gasteiger charge is 2.33. The summed E-state index contributed by atoms with van der Waals surface area (Å²) >= 11 is 0. The number of nitrogens with zero attached hydrogens (tertiary/aromatic N) is 1. The highest BCUT2D eigenvalue weighted by molar-refractivity contribution is 5.79. The van der Waals surface area contributed by atoms with E-state index >= 15 is 0 Å². The summed E-state index contributed by atoms with van der Waals surface area (Å²) < 4.78 is 0. The fourth-order valence-electron chi connectivity index (χ4n) is 3.56. The van der Waals surface area contributed by atoms with Gasteiger partial charge >= 0.3 is 0 Å². The average molecular weight is 239 g/mol. The monoisotopic (exact) mass is 239 g/mol. The number of aliphatic hydroxyl groups is 1. The Hall–Kier alpha value is -0.570. The highest BCUT2D eigenvalue weighted by atomic mass is 16.3. The third-order valence-electron chi connectivity index (χ3n) is 4.24. The van der Waals surface area contributed by atoms with E-state index in [-0.39, 0.29) is 12.0 Å². The fourth-order valence-corrected chi connectivity index (χ4v) is 3.56. The molecule has 17 heavy (non-hydrogen) atoms. The Morgan fingerprint density at radius 2 is 1.82 bits per heavy atom. The summed E-state index contributed by atoms with van der Waals surface area (Å²) in [5.41, 5.74) is 0. The van der Waals surface area contributed by atoms with E-state index in [0.29, 0.717) is 24.3 Å². The maximum Gasteiger partial charge on any atom is 0.225 e. The van der Waals surface area contributed by atoms with Gasteiger partial charge in [-0.2, -0.15) is 0 Å². The minimum absolute atomic E-state index is 0.207.